The summed E-state index contributed by atoms with van der Waals surface area (Å²) in [5.74, 6) is 1.60. The predicted octanol–water partition coefficient (Wildman–Crippen LogP) is 7.99. The van der Waals surface area contributed by atoms with E-state index in [0.29, 0.717) is 36.9 Å². The van der Waals surface area contributed by atoms with Gasteiger partial charge in [0.15, 0.2) is 0 Å². The topological polar surface area (TPSA) is 72.8 Å². The van der Waals surface area contributed by atoms with Crippen LogP contribution >= 0.6 is 0 Å². The van der Waals surface area contributed by atoms with Crippen LogP contribution in [0.4, 0.5) is 0 Å². The molecule has 42 heavy (non-hydrogen) atoms. The molecule has 5 aliphatic rings. The highest BCUT2D eigenvalue weighted by atomic mass is 16.5. The molecule has 0 bridgehead atoms. The minimum absolute atomic E-state index is 0.0555. The van der Waals surface area contributed by atoms with Crippen LogP contribution in [0.2, 0.25) is 0 Å². The van der Waals surface area contributed by atoms with Crippen LogP contribution in [0.5, 0.6) is 0 Å². The lowest BCUT2D eigenvalue weighted by molar-refractivity contribution is -0.218. The molecule has 5 rings (SSSR count). The number of carbonyl (C=O) groups excluding carboxylic acids is 2. The predicted molar refractivity (Wildman–Crippen MR) is 166 cm³/mol. The minimum atomic E-state index is -0.240. The first-order valence-electron chi connectivity index (χ1n) is 17.0. The lowest BCUT2D eigenvalue weighted by atomic mass is 9.32. The summed E-state index contributed by atoms with van der Waals surface area (Å²) < 4.78 is 11.4. The van der Waals surface area contributed by atoms with Crippen LogP contribution < -0.4 is 0 Å². The van der Waals surface area contributed by atoms with Gasteiger partial charge in [-0.2, -0.15) is 0 Å². The molecule has 0 radical (unpaired) electrons. The fraction of sp³-hybridized carbons (Fsp3) is 0.892. The molecule has 0 aliphatic heterocycles. The van der Waals surface area contributed by atoms with E-state index < -0.39 is 0 Å². The highest BCUT2D eigenvalue weighted by Gasteiger charge is 2.69. The Balaban J connectivity index is 1.56. The lowest BCUT2D eigenvalue weighted by Crippen LogP contribution is -2.66. The van der Waals surface area contributed by atoms with E-state index >= 15 is 0 Å². The van der Waals surface area contributed by atoms with E-state index in [-0.39, 0.29) is 62.9 Å². The maximum Gasteiger partial charge on any atom is 0.302 e. The molecule has 5 aliphatic carbocycles. The highest BCUT2D eigenvalue weighted by molar-refractivity contribution is 5.66. The first-order chi connectivity index (χ1) is 19.4. The van der Waals surface area contributed by atoms with Crippen molar-refractivity contribution in [2.24, 2.45) is 68.0 Å². The Labute approximate surface area is 256 Å². The fourth-order valence-electron chi connectivity index (χ4n) is 12.5. The van der Waals surface area contributed by atoms with Crippen molar-refractivity contribution in [1.29, 1.82) is 0 Å². The quantitative estimate of drug-likeness (QED) is 0.262. The van der Waals surface area contributed by atoms with Crippen LogP contribution in [0, 0.1) is 68.0 Å². The van der Waals surface area contributed by atoms with Crippen LogP contribution in [-0.4, -0.2) is 36.9 Å². The number of hydrogen-bond acceptors (Lipinski definition) is 5. The highest BCUT2D eigenvalue weighted by Crippen LogP contribution is 2.77. The summed E-state index contributed by atoms with van der Waals surface area (Å²) in [5.41, 5.74) is 2.39. The molecule has 1 N–H and O–H groups in total. The van der Waals surface area contributed by atoms with Crippen LogP contribution in [0.3, 0.4) is 0 Å². The van der Waals surface area contributed by atoms with Gasteiger partial charge in [0.05, 0.1) is 13.2 Å². The van der Waals surface area contributed by atoms with Gasteiger partial charge in [0, 0.05) is 32.3 Å². The number of ether oxygens (including phenoxy) is 2. The second-order valence-electron chi connectivity index (χ2n) is 17.7. The number of esters is 2. The zero-order chi connectivity index (χ0) is 31.1. The van der Waals surface area contributed by atoms with Gasteiger partial charge in [-0.15, -0.1) is 0 Å². The maximum atomic E-state index is 12.0. The number of fused-ring (bicyclic) bond motifs is 7. The first-order valence-corrected chi connectivity index (χ1v) is 17.0. The third kappa shape index (κ3) is 4.55. The lowest BCUT2D eigenvalue weighted by Gasteiger charge is -2.72. The SMILES string of the molecule is CC(=O)OC[C@@H]1C[C@@]2(C)[C@@H](CC[C@]3(C)[C@H]2CC=C2[C@@H]4[C@@H](CO)C(C)(C)CC[C@]4(C)CC[C@]23C)C(C)(C)[C@H]1COC(C)=O. The Hall–Kier alpha value is -1.36. The van der Waals surface area contributed by atoms with E-state index in [1.54, 1.807) is 5.57 Å². The van der Waals surface area contributed by atoms with Gasteiger partial charge >= 0.3 is 11.9 Å². The fourth-order valence-corrected chi connectivity index (χ4v) is 12.5. The molecular formula is C37H60O5. The van der Waals surface area contributed by atoms with Gasteiger partial charge in [-0.05, 0) is 108 Å². The normalized spacial score (nSPS) is 47.1. The van der Waals surface area contributed by atoms with Crippen molar-refractivity contribution in [3.05, 3.63) is 11.6 Å². The Morgan fingerprint density at radius 1 is 0.833 bits per heavy atom. The van der Waals surface area contributed by atoms with Gasteiger partial charge < -0.3 is 14.6 Å². The number of hydrogen-bond donors (Lipinski definition) is 1. The molecule has 5 nitrogen and oxygen atoms in total. The van der Waals surface area contributed by atoms with E-state index in [4.69, 9.17) is 9.47 Å². The standard InChI is InChI=1S/C37H60O5/c1-23(39)41-21-25-19-35(8)29(33(5,6)28(25)22-42-24(2)40)13-14-37(10)30(35)12-11-26-31-27(20-38)32(3,4)15-16-34(31,7)17-18-36(26,37)9/h11,25,27-31,38H,12-22H2,1-10H3/t25-,27+,28-,29-,30-,31+,34+,35-,36+,37+/m0/s1. The summed E-state index contributed by atoms with van der Waals surface area (Å²) >= 11 is 0. The monoisotopic (exact) mass is 584 g/mol. The third-order valence-corrected chi connectivity index (χ3v) is 15.1. The van der Waals surface area contributed by atoms with Gasteiger partial charge in [0.1, 0.15) is 0 Å². The molecule has 4 saturated carbocycles. The second-order valence-corrected chi connectivity index (χ2v) is 17.7. The van der Waals surface area contributed by atoms with Gasteiger partial charge in [-0.3, -0.25) is 9.59 Å². The summed E-state index contributed by atoms with van der Waals surface area (Å²) in [5, 5.41) is 10.8. The molecular weight excluding hydrogens is 524 g/mol. The largest absolute Gasteiger partial charge is 0.466 e. The molecule has 0 heterocycles. The first kappa shape index (κ1) is 32.0. The van der Waals surface area contributed by atoms with E-state index in [1.807, 2.05) is 0 Å². The average Bonchev–Trinajstić information content (AvgIpc) is 2.87. The Kier molecular flexibility index (Phi) is 7.89. The summed E-state index contributed by atoms with van der Waals surface area (Å²) in [6.07, 6.45) is 12.1. The number of aliphatic hydroxyl groups is 1. The van der Waals surface area contributed by atoms with Crippen LogP contribution in [0.1, 0.15) is 121 Å². The molecule has 238 valence electrons. The van der Waals surface area contributed by atoms with Gasteiger partial charge in [-0.25, -0.2) is 0 Å². The van der Waals surface area contributed by atoms with Crippen LogP contribution in [-0.2, 0) is 19.1 Å². The zero-order valence-electron chi connectivity index (χ0n) is 28.4. The molecule has 0 spiro atoms. The van der Waals surface area contributed by atoms with Crippen molar-refractivity contribution in [3.63, 3.8) is 0 Å². The molecule has 0 amide bonds. The summed E-state index contributed by atoms with van der Waals surface area (Å²) in [6.45, 7) is 23.9. The summed E-state index contributed by atoms with van der Waals surface area (Å²) in [7, 11) is 0. The van der Waals surface area contributed by atoms with E-state index in [1.165, 1.54) is 52.4 Å². The zero-order valence-corrected chi connectivity index (χ0v) is 28.4. The number of rotatable bonds is 5. The van der Waals surface area contributed by atoms with Crippen molar-refractivity contribution in [2.75, 3.05) is 19.8 Å². The molecule has 0 aromatic carbocycles. The summed E-state index contributed by atoms with van der Waals surface area (Å²) in [4.78, 5) is 23.9. The van der Waals surface area contributed by atoms with E-state index in [0.717, 1.165) is 12.8 Å². The molecule has 0 aromatic rings. The third-order valence-electron chi connectivity index (χ3n) is 15.1. The smallest absolute Gasteiger partial charge is 0.302 e. The van der Waals surface area contributed by atoms with Crippen molar-refractivity contribution in [1.82, 2.24) is 0 Å². The minimum Gasteiger partial charge on any atom is -0.466 e. The molecule has 10 atom stereocenters. The molecule has 4 fully saturated rings. The van der Waals surface area contributed by atoms with Crippen LogP contribution in [0.15, 0.2) is 11.6 Å². The maximum absolute atomic E-state index is 12.0. The van der Waals surface area contributed by atoms with Gasteiger partial charge in [0.25, 0.3) is 0 Å². The number of allylic oxidation sites excluding steroid dienone is 2. The van der Waals surface area contributed by atoms with Gasteiger partial charge in [0.2, 0.25) is 0 Å². The molecule has 0 unspecified atom stereocenters. The van der Waals surface area contributed by atoms with Crippen LogP contribution in [0.25, 0.3) is 0 Å². The molecule has 5 heteroatoms. The van der Waals surface area contributed by atoms with Gasteiger partial charge in [-0.1, -0.05) is 67.0 Å². The number of carbonyl (C=O) groups is 2. The Bertz CT molecular complexity index is 1120. The van der Waals surface area contributed by atoms with E-state index in [9.17, 15) is 14.7 Å². The van der Waals surface area contributed by atoms with Crippen molar-refractivity contribution in [3.8, 4) is 0 Å². The van der Waals surface area contributed by atoms with Crippen molar-refractivity contribution < 1.29 is 24.2 Å². The Morgan fingerprint density at radius 2 is 1.45 bits per heavy atom. The van der Waals surface area contributed by atoms with E-state index in [2.05, 4.69) is 61.5 Å². The average molecular weight is 585 g/mol. The Morgan fingerprint density at radius 3 is 2.07 bits per heavy atom. The van der Waals surface area contributed by atoms with Crippen molar-refractivity contribution in [2.45, 2.75) is 121 Å². The molecule has 0 aromatic heterocycles. The molecule has 0 saturated heterocycles. The van der Waals surface area contributed by atoms with Crippen molar-refractivity contribution >= 4 is 11.9 Å². The summed E-state index contributed by atoms with van der Waals surface area (Å²) in [6, 6.07) is 0. The second kappa shape index (κ2) is 10.3. The number of aliphatic hydroxyl groups excluding tert-OH is 1.